The van der Waals surface area contributed by atoms with Crippen LogP contribution in [0.2, 0.25) is 0 Å². The van der Waals surface area contributed by atoms with Crippen LogP contribution in [-0.2, 0) is 4.79 Å². The molecule has 3 heteroatoms. The van der Waals surface area contributed by atoms with Gasteiger partial charge in [-0.25, -0.2) is 0 Å². The molecule has 0 rings (SSSR count). The maximum atomic E-state index is 11.4. The number of halogens is 1. The van der Waals surface area contributed by atoms with Gasteiger partial charge in [-0.15, -0.1) is 0 Å². The number of hydrogen-bond donors (Lipinski definition) is 1. The molecular weight excluding hydrogens is 254 g/mol. The molecule has 1 amide bonds. The number of amides is 1. The van der Waals surface area contributed by atoms with Crippen molar-refractivity contribution >= 4 is 21.8 Å². The quantitative estimate of drug-likeness (QED) is 0.560. The van der Waals surface area contributed by atoms with E-state index in [0.717, 1.165) is 18.3 Å². The average molecular weight is 278 g/mol. The van der Waals surface area contributed by atoms with E-state index in [-0.39, 0.29) is 11.3 Å². The Morgan fingerprint density at radius 2 is 1.73 bits per heavy atom. The third-order valence-electron chi connectivity index (χ3n) is 2.07. The first-order chi connectivity index (χ1) is 6.95. The molecule has 0 radical (unpaired) electrons. The van der Waals surface area contributed by atoms with Crippen LogP contribution in [0.3, 0.4) is 0 Å². The summed E-state index contributed by atoms with van der Waals surface area (Å²) in [6.07, 6.45) is 5.41. The summed E-state index contributed by atoms with van der Waals surface area (Å²) < 4.78 is 0. The Morgan fingerprint density at radius 1 is 1.13 bits per heavy atom. The van der Waals surface area contributed by atoms with Crippen molar-refractivity contribution in [3.8, 4) is 0 Å². The molecule has 0 unspecified atom stereocenters. The molecule has 2 nitrogen and oxygen atoms in total. The number of carbonyl (C=O) groups excluding carboxylic acids is 1. The predicted molar refractivity (Wildman–Crippen MR) is 69.3 cm³/mol. The second-order valence-electron chi connectivity index (χ2n) is 5.19. The molecule has 15 heavy (non-hydrogen) atoms. The SMILES string of the molecule is CC(C)(C)CC(=O)NCCCCCCBr. The summed E-state index contributed by atoms with van der Waals surface area (Å²) in [5.74, 6) is 0.183. The van der Waals surface area contributed by atoms with Crippen molar-refractivity contribution in [3.63, 3.8) is 0 Å². The molecule has 0 aliphatic heterocycles. The Morgan fingerprint density at radius 3 is 2.27 bits per heavy atom. The van der Waals surface area contributed by atoms with E-state index < -0.39 is 0 Å². The third kappa shape index (κ3) is 11.9. The molecule has 0 aromatic heterocycles. The molecule has 0 aromatic carbocycles. The van der Waals surface area contributed by atoms with Crippen LogP contribution in [0.25, 0.3) is 0 Å². The second kappa shape index (κ2) is 8.14. The van der Waals surface area contributed by atoms with Gasteiger partial charge < -0.3 is 5.32 Å². The predicted octanol–water partition coefficient (Wildman–Crippen LogP) is 3.49. The molecule has 0 fully saturated rings. The molecule has 0 heterocycles. The maximum absolute atomic E-state index is 11.4. The van der Waals surface area contributed by atoms with E-state index in [0.29, 0.717) is 6.42 Å². The Kier molecular flexibility index (Phi) is 8.12. The third-order valence-corrected chi connectivity index (χ3v) is 2.63. The number of alkyl halides is 1. The normalized spacial score (nSPS) is 11.5. The lowest BCUT2D eigenvalue weighted by Crippen LogP contribution is -2.28. The van der Waals surface area contributed by atoms with Gasteiger partial charge >= 0.3 is 0 Å². The molecule has 0 atom stereocenters. The molecule has 90 valence electrons. The van der Waals surface area contributed by atoms with Gasteiger partial charge in [0.05, 0.1) is 0 Å². The van der Waals surface area contributed by atoms with Gasteiger partial charge in [0.2, 0.25) is 5.91 Å². The fourth-order valence-corrected chi connectivity index (χ4v) is 1.74. The molecule has 0 bridgehead atoms. The molecule has 0 aliphatic carbocycles. The number of rotatable bonds is 7. The first-order valence-corrected chi connectivity index (χ1v) is 6.90. The molecule has 0 aliphatic rings. The highest BCUT2D eigenvalue weighted by Crippen LogP contribution is 2.17. The summed E-state index contributed by atoms with van der Waals surface area (Å²) in [5.41, 5.74) is 0.0973. The van der Waals surface area contributed by atoms with E-state index in [1.807, 2.05) is 0 Å². The highest BCUT2D eigenvalue weighted by atomic mass is 79.9. The average Bonchev–Trinajstić information content (AvgIpc) is 2.08. The first kappa shape index (κ1) is 14.9. The molecule has 0 saturated carbocycles. The van der Waals surface area contributed by atoms with Crippen LogP contribution in [0.15, 0.2) is 0 Å². The maximum Gasteiger partial charge on any atom is 0.220 e. The fourth-order valence-electron chi connectivity index (χ4n) is 1.35. The summed E-state index contributed by atoms with van der Waals surface area (Å²) in [7, 11) is 0. The number of hydrogen-bond acceptors (Lipinski definition) is 1. The van der Waals surface area contributed by atoms with Gasteiger partial charge in [0.25, 0.3) is 0 Å². The van der Waals surface area contributed by atoms with Crippen LogP contribution in [0.4, 0.5) is 0 Å². The van der Waals surface area contributed by atoms with Crippen molar-refractivity contribution in [2.45, 2.75) is 52.9 Å². The van der Waals surface area contributed by atoms with E-state index in [1.54, 1.807) is 0 Å². The zero-order valence-electron chi connectivity index (χ0n) is 10.2. The van der Waals surface area contributed by atoms with Crippen molar-refractivity contribution in [2.24, 2.45) is 5.41 Å². The van der Waals surface area contributed by atoms with Gasteiger partial charge in [-0.05, 0) is 18.3 Å². The lowest BCUT2D eigenvalue weighted by molar-refractivity contribution is -0.122. The Hall–Kier alpha value is -0.0500. The van der Waals surface area contributed by atoms with Crippen LogP contribution in [0.1, 0.15) is 52.9 Å². The number of carbonyl (C=O) groups is 1. The van der Waals surface area contributed by atoms with E-state index in [2.05, 4.69) is 42.0 Å². The minimum absolute atomic E-state index is 0.0973. The Bertz CT molecular complexity index is 175. The van der Waals surface area contributed by atoms with Gasteiger partial charge in [0, 0.05) is 18.3 Å². The lowest BCUT2D eigenvalue weighted by atomic mass is 9.92. The van der Waals surface area contributed by atoms with Crippen LogP contribution >= 0.6 is 15.9 Å². The van der Waals surface area contributed by atoms with Crippen LogP contribution < -0.4 is 5.32 Å². The Labute approximate surface area is 102 Å². The van der Waals surface area contributed by atoms with Crippen LogP contribution in [0.5, 0.6) is 0 Å². The van der Waals surface area contributed by atoms with Crippen molar-refractivity contribution in [1.82, 2.24) is 5.32 Å². The number of unbranched alkanes of at least 4 members (excludes halogenated alkanes) is 3. The Balaban J connectivity index is 3.32. The van der Waals surface area contributed by atoms with E-state index in [4.69, 9.17) is 0 Å². The van der Waals surface area contributed by atoms with Crippen molar-refractivity contribution in [3.05, 3.63) is 0 Å². The van der Waals surface area contributed by atoms with Crippen LogP contribution in [-0.4, -0.2) is 17.8 Å². The zero-order chi connectivity index (χ0) is 11.7. The molecule has 0 aromatic rings. The zero-order valence-corrected chi connectivity index (χ0v) is 11.8. The van der Waals surface area contributed by atoms with E-state index >= 15 is 0 Å². The minimum atomic E-state index is 0.0973. The second-order valence-corrected chi connectivity index (χ2v) is 5.98. The molecule has 0 saturated heterocycles. The number of nitrogens with one attached hydrogen (secondary N) is 1. The highest BCUT2D eigenvalue weighted by Gasteiger charge is 2.14. The lowest BCUT2D eigenvalue weighted by Gasteiger charge is -2.17. The molecule has 0 spiro atoms. The summed E-state index contributed by atoms with van der Waals surface area (Å²) in [5, 5.41) is 4.05. The summed E-state index contributed by atoms with van der Waals surface area (Å²) in [4.78, 5) is 11.4. The van der Waals surface area contributed by atoms with Gasteiger partial charge in [-0.2, -0.15) is 0 Å². The molecule has 1 N–H and O–H groups in total. The summed E-state index contributed by atoms with van der Waals surface area (Å²) in [6.45, 7) is 7.09. The minimum Gasteiger partial charge on any atom is -0.356 e. The largest absolute Gasteiger partial charge is 0.356 e. The first-order valence-electron chi connectivity index (χ1n) is 5.78. The summed E-state index contributed by atoms with van der Waals surface area (Å²) in [6, 6.07) is 0. The van der Waals surface area contributed by atoms with Gasteiger partial charge in [-0.3, -0.25) is 4.79 Å². The van der Waals surface area contributed by atoms with Crippen LogP contribution in [0, 0.1) is 5.41 Å². The van der Waals surface area contributed by atoms with Gasteiger partial charge in [-0.1, -0.05) is 49.5 Å². The van der Waals surface area contributed by atoms with Crippen molar-refractivity contribution in [1.29, 1.82) is 0 Å². The van der Waals surface area contributed by atoms with E-state index in [9.17, 15) is 4.79 Å². The van der Waals surface area contributed by atoms with Gasteiger partial charge in [0.15, 0.2) is 0 Å². The highest BCUT2D eigenvalue weighted by molar-refractivity contribution is 9.09. The van der Waals surface area contributed by atoms with E-state index in [1.165, 1.54) is 19.3 Å². The van der Waals surface area contributed by atoms with Crippen molar-refractivity contribution in [2.75, 3.05) is 11.9 Å². The topological polar surface area (TPSA) is 29.1 Å². The van der Waals surface area contributed by atoms with Gasteiger partial charge in [0.1, 0.15) is 0 Å². The van der Waals surface area contributed by atoms with Crippen molar-refractivity contribution < 1.29 is 4.79 Å². The molecular formula is C12H24BrNO. The summed E-state index contributed by atoms with van der Waals surface area (Å²) >= 11 is 3.41. The smallest absolute Gasteiger partial charge is 0.220 e. The standard InChI is InChI=1S/C12H24BrNO/c1-12(2,3)10-11(15)14-9-7-5-4-6-8-13/h4-10H2,1-3H3,(H,14,15). The fraction of sp³-hybridized carbons (Fsp3) is 0.917. The monoisotopic (exact) mass is 277 g/mol.